The smallest absolute Gasteiger partial charge is 0.245 e. The summed E-state index contributed by atoms with van der Waals surface area (Å²) < 4.78 is 0. The molecule has 2 aliphatic rings. The average molecular weight is 482 g/mol. The first kappa shape index (κ1) is 25.2. The van der Waals surface area contributed by atoms with Crippen molar-refractivity contribution in [2.24, 2.45) is 5.41 Å². The summed E-state index contributed by atoms with van der Waals surface area (Å²) in [4.78, 5) is 38.5. The van der Waals surface area contributed by atoms with Crippen LogP contribution in [0, 0.1) is 5.41 Å². The lowest BCUT2D eigenvalue weighted by molar-refractivity contribution is -0.149. The summed E-state index contributed by atoms with van der Waals surface area (Å²) in [6.07, 6.45) is 10.1. The number of imidazole rings is 1. The maximum absolute atomic E-state index is 13.7. The third-order valence-electron chi connectivity index (χ3n) is 7.44. The first-order chi connectivity index (χ1) is 16.9. The Bertz CT molecular complexity index is 956. The van der Waals surface area contributed by atoms with Gasteiger partial charge in [-0.1, -0.05) is 49.6 Å². The van der Waals surface area contributed by atoms with E-state index in [0.717, 1.165) is 37.7 Å². The number of nitrogens with one attached hydrogen (secondary N) is 2. The number of aliphatic hydroxyl groups is 1. The fourth-order valence-corrected chi connectivity index (χ4v) is 5.35. The molecule has 8 nitrogen and oxygen atoms in total. The van der Waals surface area contributed by atoms with E-state index < -0.39 is 11.5 Å². The lowest BCUT2D eigenvalue weighted by Crippen LogP contribution is -2.54. The second kappa shape index (κ2) is 11.2. The molecule has 8 heteroatoms. The van der Waals surface area contributed by atoms with Crippen molar-refractivity contribution in [1.82, 2.24) is 19.8 Å². The number of nitrogens with zero attached hydrogens (tertiary/aromatic N) is 3. The van der Waals surface area contributed by atoms with Gasteiger partial charge in [0.1, 0.15) is 6.04 Å². The van der Waals surface area contributed by atoms with E-state index in [2.05, 4.69) is 15.3 Å². The van der Waals surface area contributed by atoms with E-state index in [0.29, 0.717) is 25.5 Å². The number of rotatable bonds is 9. The largest absolute Gasteiger partial charge is 0.395 e. The Morgan fingerprint density at radius 3 is 2.57 bits per heavy atom. The Kier molecular flexibility index (Phi) is 8.11. The van der Waals surface area contributed by atoms with Gasteiger partial charge in [0.2, 0.25) is 17.8 Å². The molecule has 1 aromatic carbocycles. The van der Waals surface area contributed by atoms with E-state index >= 15 is 0 Å². The van der Waals surface area contributed by atoms with Crippen molar-refractivity contribution in [1.29, 1.82) is 0 Å². The molecule has 0 spiro atoms. The van der Waals surface area contributed by atoms with Gasteiger partial charge in [-0.2, -0.15) is 0 Å². The summed E-state index contributed by atoms with van der Waals surface area (Å²) in [6.45, 7) is 4.58. The van der Waals surface area contributed by atoms with Crippen LogP contribution in [0.4, 0.5) is 5.95 Å². The van der Waals surface area contributed by atoms with Crippen LogP contribution in [-0.4, -0.2) is 74.5 Å². The number of carbonyl (C=O) groups is 2. The number of hydrogen-bond donors (Lipinski definition) is 3. The molecular formula is C27H39N5O3. The molecule has 2 heterocycles. The number of hydrogen-bond acceptors (Lipinski definition) is 5. The Labute approximate surface area is 208 Å². The molecule has 1 saturated heterocycles. The molecule has 1 aromatic heterocycles. The molecule has 190 valence electrons. The number of likely N-dealkylation sites (tertiary alicyclic amines) is 1. The van der Waals surface area contributed by atoms with Crippen molar-refractivity contribution < 1.29 is 14.7 Å². The molecule has 1 saturated carbocycles. The van der Waals surface area contributed by atoms with Gasteiger partial charge in [0, 0.05) is 37.9 Å². The first-order valence-corrected chi connectivity index (χ1v) is 12.9. The van der Waals surface area contributed by atoms with Crippen LogP contribution in [0.1, 0.15) is 57.9 Å². The van der Waals surface area contributed by atoms with Crippen LogP contribution in [0.15, 0.2) is 42.7 Å². The fraction of sp³-hybridized carbons (Fsp3) is 0.593. The van der Waals surface area contributed by atoms with Crippen LogP contribution in [-0.2, 0) is 16.0 Å². The minimum Gasteiger partial charge on any atom is -0.395 e. The minimum atomic E-state index is -0.828. The van der Waals surface area contributed by atoms with Crippen molar-refractivity contribution in [3.63, 3.8) is 0 Å². The van der Waals surface area contributed by atoms with E-state index in [-0.39, 0.29) is 30.5 Å². The topological polar surface area (TPSA) is 102 Å². The predicted molar refractivity (Wildman–Crippen MR) is 136 cm³/mol. The number of aromatic amines is 1. The van der Waals surface area contributed by atoms with Gasteiger partial charge in [0.25, 0.3) is 0 Å². The molecule has 2 unspecified atom stereocenters. The van der Waals surface area contributed by atoms with Gasteiger partial charge < -0.3 is 25.2 Å². The van der Waals surface area contributed by atoms with E-state index in [1.165, 1.54) is 6.42 Å². The molecule has 35 heavy (non-hydrogen) atoms. The molecule has 3 N–H and O–H groups in total. The number of H-pyrrole nitrogens is 1. The van der Waals surface area contributed by atoms with Crippen molar-refractivity contribution in [2.75, 3.05) is 25.0 Å². The lowest BCUT2D eigenvalue weighted by Gasteiger charge is -2.42. The molecule has 4 rings (SSSR count). The van der Waals surface area contributed by atoms with Gasteiger partial charge in [0.15, 0.2) is 0 Å². The van der Waals surface area contributed by atoms with E-state index in [9.17, 15) is 14.7 Å². The molecule has 2 aromatic rings. The average Bonchev–Trinajstić information content (AvgIpc) is 3.57. The van der Waals surface area contributed by atoms with Crippen LogP contribution in [0.25, 0.3) is 0 Å². The summed E-state index contributed by atoms with van der Waals surface area (Å²) in [5.41, 5.74) is 0.246. The highest BCUT2D eigenvalue weighted by Crippen LogP contribution is 2.32. The molecule has 1 aliphatic carbocycles. The third kappa shape index (κ3) is 6.04. The van der Waals surface area contributed by atoms with Gasteiger partial charge in [-0.05, 0) is 38.7 Å². The molecule has 2 atom stereocenters. The van der Waals surface area contributed by atoms with Gasteiger partial charge >= 0.3 is 0 Å². The van der Waals surface area contributed by atoms with E-state index in [4.69, 9.17) is 0 Å². The van der Waals surface area contributed by atoms with Crippen LogP contribution in [0.2, 0.25) is 0 Å². The van der Waals surface area contributed by atoms with Crippen LogP contribution < -0.4 is 5.32 Å². The zero-order chi connectivity index (χ0) is 24.8. The zero-order valence-corrected chi connectivity index (χ0v) is 20.9. The molecule has 0 bridgehead atoms. The highest BCUT2D eigenvalue weighted by atomic mass is 16.3. The quantitative estimate of drug-likeness (QED) is 0.511. The summed E-state index contributed by atoms with van der Waals surface area (Å²) in [7, 11) is 0. The van der Waals surface area contributed by atoms with Crippen molar-refractivity contribution in [2.45, 2.75) is 76.9 Å². The maximum Gasteiger partial charge on any atom is 0.245 e. The van der Waals surface area contributed by atoms with Crippen molar-refractivity contribution >= 4 is 17.8 Å². The summed E-state index contributed by atoms with van der Waals surface area (Å²) >= 11 is 0. The predicted octanol–water partition coefficient (Wildman–Crippen LogP) is 3.21. The Morgan fingerprint density at radius 2 is 1.91 bits per heavy atom. The van der Waals surface area contributed by atoms with Gasteiger partial charge in [-0.3, -0.25) is 9.59 Å². The number of benzene rings is 1. The molecule has 2 amide bonds. The Hall–Kier alpha value is -2.87. The highest BCUT2D eigenvalue weighted by Gasteiger charge is 2.42. The fourth-order valence-electron chi connectivity index (χ4n) is 5.35. The summed E-state index contributed by atoms with van der Waals surface area (Å²) in [5.74, 6) is 0.588. The SMILES string of the molecule is CC(C)(CO)C(=O)N(C1CCCCC1)C1CCN(C(=O)C(Cc2ccccc2)Nc2ncc[nH]2)C1. The number of amides is 2. The number of anilines is 1. The normalized spacial score (nSPS) is 20.0. The third-order valence-corrected chi connectivity index (χ3v) is 7.44. The molecular weight excluding hydrogens is 442 g/mol. The number of aromatic nitrogens is 2. The van der Waals surface area contributed by atoms with Crippen LogP contribution in [0.5, 0.6) is 0 Å². The number of aliphatic hydroxyl groups excluding tert-OH is 1. The summed E-state index contributed by atoms with van der Waals surface area (Å²) in [6, 6.07) is 9.67. The van der Waals surface area contributed by atoms with Gasteiger partial charge in [-0.25, -0.2) is 4.98 Å². The lowest BCUT2D eigenvalue weighted by atomic mass is 9.87. The zero-order valence-electron chi connectivity index (χ0n) is 20.9. The monoisotopic (exact) mass is 481 g/mol. The van der Waals surface area contributed by atoms with Gasteiger partial charge in [0.05, 0.1) is 18.1 Å². The highest BCUT2D eigenvalue weighted by molar-refractivity contribution is 5.86. The number of carbonyl (C=O) groups excluding carboxylic acids is 2. The van der Waals surface area contributed by atoms with Gasteiger partial charge in [-0.15, -0.1) is 0 Å². The Balaban J connectivity index is 1.51. The van der Waals surface area contributed by atoms with E-state index in [1.807, 2.05) is 54.0 Å². The maximum atomic E-state index is 13.7. The van der Waals surface area contributed by atoms with Crippen molar-refractivity contribution in [3.05, 3.63) is 48.3 Å². The van der Waals surface area contributed by atoms with Crippen molar-refractivity contribution in [3.8, 4) is 0 Å². The minimum absolute atomic E-state index is 0.000690. The molecule has 0 radical (unpaired) electrons. The second-order valence-corrected chi connectivity index (χ2v) is 10.6. The van der Waals surface area contributed by atoms with E-state index in [1.54, 1.807) is 12.4 Å². The molecule has 1 aliphatic heterocycles. The summed E-state index contributed by atoms with van der Waals surface area (Å²) in [5, 5.41) is 13.2. The second-order valence-electron chi connectivity index (χ2n) is 10.6. The van der Waals surface area contributed by atoms with Crippen LogP contribution >= 0.6 is 0 Å². The van der Waals surface area contributed by atoms with Crippen LogP contribution in [0.3, 0.4) is 0 Å². The Morgan fingerprint density at radius 1 is 1.17 bits per heavy atom. The standard InChI is InChI=1S/C27H39N5O3/c1-27(2,19-33)25(35)32(21-11-7-4-8-12-21)22-13-16-31(18-22)24(34)23(30-26-28-14-15-29-26)17-20-9-5-3-6-10-20/h3,5-6,9-10,14-15,21-23,33H,4,7-8,11-13,16-19H2,1-2H3,(H2,28,29,30). The first-order valence-electron chi connectivity index (χ1n) is 12.9. The molecule has 2 fully saturated rings.